The minimum absolute atomic E-state index is 0.0487. The van der Waals surface area contributed by atoms with Gasteiger partial charge < -0.3 is 5.32 Å². The molecule has 0 radical (unpaired) electrons. The molecule has 6 heteroatoms. The average Bonchev–Trinajstić information content (AvgIpc) is 2.68. The van der Waals surface area contributed by atoms with E-state index in [9.17, 15) is 9.59 Å². The third-order valence-electron chi connectivity index (χ3n) is 1.98. The Labute approximate surface area is 101 Å². The first-order chi connectivity index (χ1) is 7.65. The Morgan fingerprint density at radius 2 is 2.50 bits per heavy atom. The van der Waals surface area contributed by atoms with Crippen LogP contribution in [0.3, 0.4) is 0 Å². The van der Waals surface area contributed by atoms with Crippen molar-refractivity contribution in [3.63, 3.8) is 0 Å². The molecule has 0 fully saturated rings. The molecule has 0 aliphatic carbocycles. The zero-order valence-electron chi connectivity index (χ0n) is 8.60. The summed E-state index contributed by atoms with van der Waals surface area (Å²) in [4.78, 5) is 27.8. The first-order valence-electron chi connectivity index (χ1n) is 4.78. The molecule has 1 aliphatic rings. The smallest absolute Gasteiger partial charge is 0.236 e. The van der Waals surface area contributed by atoms with Gasteiger partial charge in [-0.15, -0.1) is 11.3 Å². The molecule has 16 heavy (non-hydrogen) atoms. The van der Waals surface area contributed by atoms with Gasteiger partial charge in [0.05, 0.1) is 10.9 Å². The van der Waals surface area contributed by atoms with Crippen LogP contribution in [-0.2, 0) is 4.79 Å². The second-order valence-electron chi connectivity index (χ2n) is 3.40. The predicted octanol–water partition coefficient (Wildman–Crippen LogP) is 1.89. The fourth-order valence-electron chi connectivity index (χ4n) is 1.30. The van der Waals surface area contributed by atoms with Crippen LogP contribution in [0.15, 0.2) is 22.5 Å². The highest BCUT2D eigenvalue weighted by Gasteiger charge is 2.20. The summed E-state index contributed by atoms with van der Waals surface area (Å²) in [6, 6.07) is 3.53. The Morgan fingerprint density at radius 1 is 1.69 bits per heavy atom. The lowest BCUT2D eigenvalue weighted by molar-refractivity contribution is -0.120. The molecular formula is C10H10N2O2S2. The maximum absolute atomic E-state index is 11.7. The van der Waals surface area contributed by atoms with Crippen LogP contribution in [0.2, 0.25) is 0 Å². The number of rotatable bonds is 1. The lowest BCUT2D eigenvalue weighted by atomic mass is 10.2. The summed E-state index contributed by atoms with van der Waals surface area (Å²) in [6.07, 6.45) is 0.386. The number of thioether (sulfide) groups is 1. The minimum Gasteiger partial charge on any atom is -0.305 e. The van der Waals surface area contributed by atoms with Gasteiger partial charge in [-0.2, -0.15) is 0 Å². The highest BCUT2D eigenvalue weighted by atomic mass is 32.2. The van der Waals surface area contributed by atoms with Crippen molar-refractivity contribution in [1.29, 1.82) is 0 Å². The van der Waals surface area contributed by atoms with Crippen LogP contribution in [-0.4, -0.2) is 22.2 Å². The van der Waals surface area contributed by atoms with E-state index in [-0.39, 0.29) is 17.1 Å². The van der Waals surface area contributed by atoms with E-state index < -0.39 is 0 Å². The molecule has 1 atom stereocenters. The van der Waals surface area contributed by atoms with Crippen molar-refractivity contribution in [2.24, 2.45) is 4.99 Å². The molecular weight excluding hydrogens is 244 g/mol. The number of amidine groups is 1. The van der Waals surface area contributed by atoms with Crippen LogP contribution in [0.5, 0.6) is 0 Å². The van der Waals surface area contributed by atoms with Crippen molar-refractivity contribution >= 4 is 39.3 Å². The number of carbonyl (C=O) groups excluding carboxylic acids is 2. The van der Waals surface area contributed by atoms with Gasteiger partial charge in [0.25, 0.3) is 0 Å². The zero-order chi connectivity index (χ0) is 11.5. The van der Waals surface area contributed by atoms with Gasteiger partial charge >= 0.3 is 0 Å². The maximum Gasteiger partial charge on any atom is 0.236 e. The van der Waals surface area contributed by atoms with Crippen LogP contribution in [0.1, 0.15) is 23.0 Å². The normalized spacial score (nSPS) is 20.2. The molecule has 0 bridgehead atoms. The average molecular weight is 254 g/mol. The molecule has 0 spiro atoms. The quantitative estimate of drug-likeness (QED) is 0.832. The van der Waals surface area contributed by atoms with Gasteiger partial charge in [-0.1, -0.05) is 6.07 Å². The van der Waals surface area contributed by atoms with E-state index in [2.05, 4.69) is 10.3 Å². The van der Waals surface area contributed by atoms with Crippen molar-refractivity contribution in [1.82, 2.24) is 5.32 Å². The van der Waals surface area contributed by atoms with Crippen LogP contribution >= 0.6 is 23.1 Å². The molecule has 4 nitrogen and oxygen atoms in total. The van der Waals surface area contributed by atoms with E-state index in [4.69, 9.17) is 0 Å². The van der Waals surface area contributed by atoms with Gasteiger partial charge in [0, 0.05) is 6.42 Å². The third-order valence-corrected chi connectivity index (χ3v) is 3.78. The fourth-order valence-corrected chi connectivity index (χ4v) is 2.87. The first-order valence-corrected chi connectivity index (χ1v) is 6.48. The molecule has 1 aromatic rings. The van der Waals surface area contributed by atoms with Gasteiger partial charge in [-0.25, -0.2) is 0 Å². The summed E-state index contributed by atoms with van der Waals surface area (Å²) >= 11 is 2.36. The summed E-state index contributed by atoms with van der Waals surface area (Å²) < 4.78 is 0. The standard InChI is InChI=1S/C10H10N2O2S2/c1-6-5-8(13)12-10(11-6)16-9(14)7-3-2-4-15-7/h2-4,6H,5H2,1H3,(H,11,12,13)/t6-/m1/s1. The summed E-state index contributed by atoms with van der Waals surface area (Å²) in [5.74, 6) is -0.0796. The van der Waals surface area contributed by atoms with Crippen molar-refractivity contribution < 1.29 is 9.59 Å². The highest BCUT2D eigenvalue weighted by molar-refractivity contribution is 8.26. The second-order valence-corrected chi connectivity index (χ2v) is 5.31. The molecule has 0 saturated carbocycles. The number of nitrogens with one attached hydrogen (secondary N) is 1. The Kier molecular flexibility index (Phi) is 3.40. The van der Waals surface area contributed by atoms with E-state index in [1.54, 1.807) is 6.07 Å². The molecule has 0 saturated heterocycles. The number of nitrogens with zero attached hydrogens (tertiary/aromatic N) is 1. The molecule has 1 N–H and O–H groups in total. The van der Waals surface area contributed by atoms with Gasteiger partial charge in [-0.05, 0) is 30.1 Å². The fraction of sp³-hybridized carbons (Fsp3) is 0.300. The predicted molar refractivity (Wildman–Crippen MR) is 65.9 cm³/mol. The van der Waals surface area contributed by atoms with E-state index in [0.29, 0.717) is 16.5 Å². The summed E-state index contributed by atoms with van der Waals surface area (Å²) in [5.41, 5.74) is 0. The Bertz CT molecular complexity index is 440. The molecule has 0 aromatic carbocycles. The van der Waals surface area contributed by atoms with Crippen LogP contribution < -0.4 is 5.32 Å². The summed E-state index contributed by atoms with van der Waals surface area (Å²) in [6.45, 7) is 1.86. The zero-order valence-corrected chi connectivity index (χ0v) is 10.2. The van der Waals surface area contributed by atoms with E-state index >= 15 is 0 Å². The van der Waals surface area contributed by atoms with Crippen molar-refractivity contribution in [2.75, 3.05) is 0 Å². The summed E-state index contributed by atoms with van der Waals surface area (Å²) in [5, 5.41) is 4.77. The molecule has 84 valence electrons. The van der Waals surface area contributed by atoms with Crippen LogP contribution in [0.4, 0.5) is 0 Å². The largest absolute Gasteiger partial charge is 0.305 e. The van der Waals surface area contributed by atoms with Gasteiger partial charge in [0.2, 0.25) is 11.0 Å². The van der Waals surface area contributed by atoms with Gasteiger partial charge in [-0.3, -0.25) is 14.6 Å². The topological polar surface area (TPSA) is 58.5 Å². The van der Waals surface area contributed by atoms with Crippen molar-refractivity contribution in [2.45, 2.75) is 19.4 Å². The molecule has 1 amide bonds. The maximum atomic E-state index is 11.7. The van der Waals surface area contributed by atoms with Gasteiger partial charge in [0.15, 0.2) is 5.17 Å². The number of hydrogen-bond acceptors (Lipinski definition) is 5. The number of amides is 1. The molecule has 2 rings (SSSR count). The van der Waals surface area contributed by atoms with Crippen molar-refractivity contribution in [3.05, 3.63) is 22.4 Å². The first kappa shape index (κ1) is 11.3. The number of aliphatic imine (C=N–C) groups is 1. The molecule has 1 aliphatic heterocycles. The molecule has 0 unspecified atom stereocenters. The highest BCUT2D eigenvalue weighted by Crippen LogP contribution is 2.19. The SMILES string of the molecule is C[C@@H]1CC(=O)NC(SC(=O)c2cccs2)=N1. The van der Waals surface area contributed by atoms with E-state index in [1.807, 2.05) is 18.4 Å². The van der Waals surface area contributed by atoms with E-state index in [1.165, 1.54) is 11.3 Å². The van der Waals surface area contributed by atoms with Crippen LogP contribution in [0.25, 0.3) is 0 Å². The minimum atomic E-state index is -0.0804. The second kappa shape index (κ2) is 4.80. The molecule has 2 heterocycles. The lowest BCUT2D eigenvalue weighted by Gasteiger charge is -2.16. The summed E-state index contributed by atoms with van der Waals surface area (Å²) in [7, 11) is 0. The Hall–Kier alpha value is -1.14. The number of carbonyl (C=O) groups is 2. The Morgan fingerprint density at radius 3 is 3.12 bits per heavy atom. The third kappa shape index (κ3) is 2.70. The molecule has 1 aromatic heterocycles. The number of hydrogen-bond donors (Lipinski definition) is 1. The lowest BCUT2D eigenvalue weighted by Crippen LogP contribution is -2.36. The number of thiophene rings is 1. The Balaban J connectivity index is 2.05. The van der Waals surface area contributed by atoms with Crippen molar-refractivity contribution in [3.8, 4) is 0 Å². The van der Waals surface area contributed by atoms with Crippen LogP contribution in [0, 0.1) is 0 Å². The monoisotopic (exact) mass is 254 g/mol. The van der Waals surface area contributed by atoms with Gasteiger partial charge in [0.1, 0.15) is 0 Å². The van der Waals surface area contributed by atoms with E-state index in [0.717, 1.165) is 11.8 Å².